The van der Waals surface area contributed by atoms with Gasteiger partial charge >= 0.3 is 6.09 Å². The largest absolute Gasteiger partial charge is 0.489 e. The van der Waals surface area contributed by atoms with E-state index < -0.39 is 12.0 Å². The van der Waals surface area contributed by atoms with E-state index in [0.29, 0.717) is 40.8 Å². The highest BCUT2D eigenvalue weighted by molar-refractivity contribution is 6.36. The number of amides is 2. The maximum absolute atomic E-state index is 13.6. The van der Waals surface area contributed by atoms with Gasteiger partial charge in [-0.15, -0.1) is 6.58 Å². The third kappa shape index (κ3) is 6.28. The molecule has 0 saturated carbocycles. The number of allylic oxidation sites excluding steroid dienone is 1. The molecule has 0 radical (unpaired) electrons. The van der Waals surface area contributed by atoms with Crippen molar-refractivity contribution < 1.29 is 19.1 Å². The van der Waals surface area contributed by atoms with E-state index in [2.05, 4.69) is 6.58 Å². The van der Waals surface area contributed by atoms with E-state index in [1.54, 1.807) is 18.2 Å². The van der Waals surface area contributed by atoms with Crippen molar-refractivity contribution in [2.45, 2.75) is 31.9 Å². The van der Waals surface area contributed by atoms with Crippen molar-refractivity contribution in [3.63, 3.8) is 0 Å². The van der Waals surface area contributed by atoms with Gasteiger partial charge in [0.15, 0.2) is 0 Å². The molecule has 1 fully saturated rings. The highest BCUT2D eigenvalue weighted by Gasteiger charge is 2.40. The first kappa shape index (κ1) is 25.8. The Balaban J connectivity index is 1.49. The second-order valence-electron chi connectivity index (χ2n) is 8.69. The zero-order valence-electron chi connectivity index (χ0n) is 19.7. The van der Waals surface area contributed by atoms with Gasteiger partial charge in [0.2, 0.25) is 5.91 Å². The van der Waals surface area contributed by atoms with Crippen molar-refractivity contribution in [2.75, 3.05) is 6.61 Å². The zero-order valence-corrected chi connectivity index (χ0v) is 21.3. The van der Waals surface area contributed by atoms with Gasteiger partial charge in [0.1, 0.15) is 19.0 Å². The van der Waals surface area contributed by atoms with Gasteiger partial charge in [-0.05, 0) is 48.1 Å². The molecule has 1 heterocycles. The van der Waals surface area contributed by atoms with Crippen molar-refractivity contribution in [2.24, 2.45) is 5.92 Å². The maximum Gasteiger partial charge on any atom is 0.416 e. The Labute approximate surface area is 221 Å². The SMILES string of the molecule is C=CC[C@@H](Cc1c(Cl)cc(OCc2ccccc2)cc1Cl)C(=O)N1C(=O)OC[C@H]1Cc1ccccc1. The van der Waals surface area contributed by atoms with Crippen LogP contribution in [0.25, 0.3) is 0 Å². The third-order valence-corrected chi connectivity index (χ3v) is 6.80. The predicted molar refractivity (Wildman–Crippen MR) is 141 cm³/mol. The summed E-state index contributed by atoms with van der Waals surface area (Å²) in [5.74, 6) is -0.359. The molecule has 0 N–H and O–H groups in total. The number of benzene rings is 3. The van der Waals surface area contributed by atoms with Crippen molar-refractivity contribution in [3.05, 3.63) is 112 Å². The second-order valence-corrected chi connectivity index (χ2v) is 9.51. The Morgan fingerprint density at radius 3 is 2.28 bits per heavy atom. The van der Waals surface area contributed by atoms with Crippen molar-refractivity contribution >= 4 is 35.2 Å². The molecule has 7 heteroatoms. The molecule has 1 saturated heterocycles. The number of nitrogens with zero attached hydrogens (tertiary/aromatic N) is 1. The molecule has 0 spiro atoms. The molecule has 0 bridgehead atoms. The fourth-order valence-corrected chi connectivity index (χ4v) is 4.90. The van der Waals surface area contributed by atoms with Gasteiger partial charge in [-0.2, -0.15) is 0 Å². The summed E-state index contributed by atoms with van der Waals surface area (Å²) in [4.78, 5) is 27.3. The molecule has 3 aromatic rings. The Bertz CT molecular complexity index is 1190. The number of carbonyl (C=O) groups excluding carboxylic acids is 2. The number of carbonyl (C=O) groups is 2. The number of rotatable bonds is 10. The van der Waals surface area contributed by atoms with E-state index in [0.717, 1.165) is 11.1 Å². The standard InChI is InChI=1S/C29H27Cl2NO4/c1-2-9-22(28(33)32-23(19-36-29(32)34)14-20-10-5-3-6-11-20)15-25-26(30)16-24(17-27(25)31)35-18-21-12-7-4-8-13-21/h2-8,10-13,16-17,22-23H,1,9,14-15,18-19H2/t22-,23+/m0/s1. The average molecular weight is 524 g/mol. The summed E-state index contributed by atoms with van der Waals surface area (Å²) in [6.07, 6.45) is 2.17. The average Bonchev–Trinajstić information content (AvgIpc) is 3.24. The van der Waals surface area contributed by atoms with Gasteiger partial charge in [0.25, 0.3) is 0 Å². The first-order valence-electron chi connectivity index (χ1n) is 11.8. The first-order valence-corrected chi connectivity index (χ1v) is 12.5. The lowest BCUT2D eigenvalue weighted by Crippen LogP contribution is -2.44. The van der Waals surface area contributed by atoms with Crippen LogP contribution in [0.1, 0.15) is 23.1 Å². The maximum atomic E-state index is 13.6. The van der Waals surface area contributed by atoms with Gasteiger partial charge in [-0.3, -0.25) is 4.79 Å². The van der Waals surface area contributed by atoms with Crippen LogP contribution in [-0.2, 0) is 29.0 Å². The summed E-state index contributed by atoms with van der Waals surface area (Å²) in [5, 5.41) is 0.800. The zero-order chi connectivity index (χ0) is 25.5. The van der Waals surface area contributed by atoms with Crippen LogP contribution >= 0.6 is 23.2 Å². The monoisotopic (exact) mass is 523 g/mol. The van der Waals surface area contributed by atoms with E-state index in [4.69, 9.17) is 32.7 Å². The molecule has 186 valence electrons. The molecule has 4 rings (SSSR count). The van der Waals surface area contributed by atoms with Gasteiger partial charge in [0.05, 0.1) is 6.04 Å². The number of cyclic esters (lactones) is 1. The van der Waals surface area contributed by atoms with Crippen LogP contribution in [0.15, 0.2) is 85.5 Å². The highest BCUT2D eigenvalue weighted by Crippen LogP contribution is 2.34. The van der Waals surface area contributed by atoms with Crippen LogP contribution in [-0.4, -0.2) is 29.5 Å². The van der Waals surface area contributed by atoms with E-state index >= 15 is 0 Å². The summed E-state index contributed by atoms with van der Waals surface area (Å²) in [6, 6.07) is 22.5. The lowest BCUT2D eigenvalue weighted by Gasteiger charge is -2.25. The van der Waals surface area contributed by atoms with Crippen LogP contribution in [0, 0.1) is 5.92 Å². The lowest BCUT2D eigenvalue weighted by atomic mass is 9.93. The highest BCUT2D eigenvalue weighted by atomic mass is 35.5. The Hall–Kier alpha value is -3.28. The van der Waals surface area contributed by atoms with Gasteiger partial charge < -0.3 is 9.47 Å². The van der Waals surface area contributed by atoms with Gasteiger partial charge in [-0.1, -0.05) is 89.9 Å². The van der Waals surface area contributed by atoms with E-state index in [9.17, 15) is 9.59 Å². The van der Waals surface area contributed by atoms with Crippen molar-refractivity contribution in [3.8, 4) is 5.75 Å². The van der Waals surface area contributed by atoms with Crippen LogP contribution in [0.3, 0.4) is 0 Å². The molecule has 0 aromatic heterocycles. The molecule has 2 amide bonds. The fraction of sp³-hybridized carbons (Fsp3) is 0.241. The summed E-state index contributed by atoms with van der Waals surface area (Å²) in [7, 11) is 0. The Morgan fingerprint density at radius 2 is 1.67 bits per heavy atom. The van der Waals surface area contributed by atoms with Crippen molar-refractivity contribution in [1.29, 1.82) is 0 Å². The summed E-state index contributed by atoms with van der Waals surface area (Å²) < 4.78 is 11.1. The van der Waals surface area contributed by atoms with E-state index in [1.165, 1.54) is 4.90 Å². The number of hydrogen-bond donors (Lipinski definition) is 0. The fourth-order valence-electron chi connectivity index (χ4n) is 4.28. The first-order chi connectivity index (χ1) is 17.5. The minimum absolute atomic E-state index is 0.162. The van der Waals surface area contributed by atoms with Crippen LogP contribution in [0.2, 0.25) is 10.0 Å². The Morgan fingerprint density at radius 1 is 1.06 bits per heavy atom. The summed E-state index contributed by atoms with van der Waals surface area (Å²) >= 11 is 13.2. The van der Waals surface area contributed by atoms with Crippen molar-refractivity contribution in [1.82, 2.24) is 4.90 Å². The normalized spacial score (nSPS) is 15.9. The van der Waals surface area contributed by atoms with E-state index in [1.807, 2.05) is 60.7 Å². The number of halogens is 2. The molecular formula is C29H27Cl2NO4. The molecule has 36 heavy (non-hydrogen) atoms. The molecule has 2 atom stereocenters. The molecule has 1 aliphatic rings. The third-order valence-electron chi connectivity index (χ3n) is 6.13. The summed E-state index contributed by atoms with van der Waals surface area (Å²) in [6.45, 7) is 4.34. The number of imide groups is 1. The molecule has 5 nitrogen and oxygen atoms in total. The topological polar surface area (TPSA) is 55.8 Å². The molecule has 3 aromatic carbocycles. The lowest BCUT2D eigenvalue weighted by molar-refractivity contribution is -0.133. The smallest absolute Gasteiger partial charge is 0.416 e. The van der Waals surface area contributed by atoms with Crippen LogP contribution in [0.4, 0.5) is 4.79 Å². The molecule has 1 aliphatic heterocycles. The Kier molecular flexibility index (Phi) is 8.68. The minimum Gasteiger partial charge on any atom is -0.489 e. The summed E-state index contributed by atoms with van der Waals surface area (Å²) in [5.41, 5.74) is 2.67. The quantitative estimate of drug-likeness (QED) is 0.271. The predicted octanol–water partition coefficient (Wildman–Crippen LogP) is 6.90. The minimum atomic E-state index is -0.628. The number of ether oxygens (including phenoxy) is 2. The van der Waals surface area contributed by atoms with Gasteiger partial charge in [0, 0.05) is 16.0 Å². The molecular weight excluding hydrogens is 497 g/mol. The van der Waals surface area contributed by atoms with Crippen LogP contribution in [0.5, 0.6) is 5.75 Å². The van der Waals surface area contributed by atoms with Gasteiger partial charge in [-0.25, -0.2) is 9.69 Å². The second kappa shape index (κ2) is 12.1. The number of hydrogen-bond acceptors (Lipinski definition) is 4. The molecule has 0 unspecified atom stereocenters. The van der Waals surface area contributed by atoms with E-state index in [-0.39, 0.29) is 25.0 Å². The molecule has 0 aliphatic carbocycles. The van der Waals surface area contributed by atoms with Crippen LogP contribution < -0.4 is 4.74 Å².